The van der Waals surface area contributed by atoms with E-state index < -0.39 is 6.10 Å². The number of esters is 1. The second-order valence-electron chi connectivity index (χ2n) is 6.33. The number of benzene rings is 1. The van der Waals surface area contributed by atoms with Crippen LogP contribution in [-0.2, 0) is 14.3 Å². The van der Waals surface area contributed by atoms with Crippen LogP contribution in [0.5, 0.6) is 0 Å². The van der Waals surface area contributed by atoms with Crippen molar-refractivity contribution in [2.24, 2.45) is 5.92 Å². The zero-order valence-corrected chi connectivity index (χ0v) is 14.0. The van der Waals surface area contributed by atoms with Crippen molar-refractivity contribution in [3.05, 3.63) is 42.0 Å². The summed E-state index contributed by atoms with van der Waals surface area (Å²) >= 11 is 0. The van der Waals surface area contributed by atoms with Crippen LogP contribution in [0.2, 0.25) is 0 Å². The highest BCUT2D eigenvalue weighted by Crippen LogP contribution is 2.21. The third-order valence-electron chi connectivity index (χ3n) is 4.11. The lowest BCUT2D eigenvalue weighted by atomic mass is 9.95. The number of hydrogen-bond acceptors (Lipinski definition) is 3. The Labute approximate surface area is 137 Å². The Balaban J connectivity index is 1.86. The number of rotatable bonds is 5. The molecule has 1 aliphatic carbocycles. The lowest BCUT2D eigenvalue weighted by molar-refractivity contribution is -0.157. The Bertz CT molecular complexity index is 575. The summed E-state index contributed by atoms with van der Waals surface area (Å²) in [6, 6.07) is 7.72. The van der Waals surface area contributed by atoms with E-state index in [2.05, 4.69) is 25.2 Å². The number of carbonyl (C=O) groups excluding carboxylic acids is 2. The minimum Gasteiger partial charge on any atom is -0.452 e. The Morgan fingerprint density at radius 1 is 1.13 bits per heavy atom. The molecule has 1 aromatic rings. The van der Waals surface area contributed by atoms with Gasteiger partial charge in [0.15, 0.2) is 6.10 Å². The zero-order chi connectivity index (χ0) is 16.8. The summed E-state index contributed by atoms with van der Waals surface area (Å²) in [4.78, 5) is 24.2. The minimum atomic E-state index is -0.793. The molecule has 0 bridgehead atoms. The molecule has 1 aromatic carbocycles. The molecule has 0 saturated carbocycles. The SMILES string of the molecule is CC(C)c1ccc(NC(=O)[C@H](C)OC(=O)[C@H]2CC=CCC2)cc1. The van der Waals surface area contributed by atoms with Crippen LogP contribution >= 0.6 is 0 Å². The molecule has 0 aromatic heterocycles. The molecule has 0 aliphatic heterocycles. The van der Waals surface area contributed by atoms with Crippen LogP contribution in [0.25, 0.3) is 0 Å². The zero-order valence-electron chi connectivity index (χ0n) is 14.0. The van der Waals surface area contributed by atoms with E-state index in [0.29, 0.717) is 18.0 Å². The summed E-state index contributed by atoms with van der Waals surface area (Å²) in [6.45, 7) is 5.85. The highest BCUT2D eigenvalue weighted by atomic mass is 16.5. The van der Waals surface area contributed by atoms with Crippen molar-refractivity contribution in [3.8, 4) is 0 Å². The monoisotopic (exact) mass is 315 g/mol. The average Bonchev–Trinajstić information content (AvgIpc) is 2.56. The second kappa shape index (κ2) is 7.95. The molecule has 124 valence electrons. The van der Waals surface area contributed by atoms with Gasteiger partial charge in [0.05, 0.1) is 5.92 Å². The molecule has 1 amide bonds. The Morgan fingerprint density at radius 3 is 2.39 bits per heavy atom. The summed E-state index contributed by atoms with van der Waals surface area (Å²) in [5.41, 5.74) is 1.93. The minimum absolute atomic E-state index is 0.124. The summed E-state index contributed by atoms with van der Waals surface area (Å²) in [5.74, 6) is -0.265. The Morgan fingerprint density at radius 2 is 1.83 bits per heavy atom. The molecule has 2 atom stereocenters. The maximum absolute atomic E-state index is 12.1. The van der Waals surface area contributed by atoms with E-state index in [1.54, 1.807) is 6.92 Å². The van der Waals surface area contributed by atoms with E-state index in [1.807, 2.05) is 30.3 Å². The van der Waals surface area contributed by atoms with E-state index >= 15 is 0 Å². The first-order valence-corrected chi connectivity index (χ1v) is 8.23. The number of carbonyl (C=O) groups is 2. The van der Waals surface area contributed by atoms with Gasteiger partial charge in [0, 0.05) is 5.69 Å². The number of ether oxygens (including phenoxy) is 1. The molecule has 23 heavy (non-hydrogen) atoms. The molecule has 4 nitrogen and oxygen atoms in total. The van der Waals surface area contributed by atoms with Gasteiger partial charge in [0.25, 0.3) is 5.91 Å². The predicted molar refractivity (Wildman–Crippen MR) is 91.2 cm³/mol. The van der Waals surface area contributed by atoms with Gasteiger partial charge < -0.3 is 10.1 Å². The van der Waals surface area contributed by atoms with Gasteiger partial charge in [-0.1, -0.05) is 38.1 Å². The lowest BCUT2D eigenvalue weighted by Crippen LogP contribution is -2.32. The molecular formula is C19H25NO3. The van der Waals surface area contributed by atoms with Gasteiger partial charge >= 0.3 is 5.97 Å². The number of amides is 1. The second-order valence-corrected chi connectivity index (χ2v) is 6.33. The van der Waals surface area contributed by atoms with Crippen LogP contribution < -0.4 is 5.32 Å². The smallest absolute Gasteiger partial charge is 0.310 e. The van der Waals surface area contributed by atoms with Crippen LogP contribution in [0, 0.1) is 5.92 Å². The first-order valence-electron chi connectivity index (χ1n) is 8.23. The highest BCUT2D eigenvalue weighted by Gasteiger charge is 2.25. The Kier molecular flexibility index (Phi) is 5.97. The van der Waals surface area contributed by atoms with Crippen molar-refractivity contribution >= 4 is 17.6 Å². The molecule has 2 rings (SSSR count). The molecule has 4 heteroatoms. The third kappa shape index (κ3) is 4.95. The van der Waals surface area contributed by atoms with Crippen molar-refractivity contribution in [2.75, 3.05) is 5.32 Å². The third-order valence-corrected chi connectivity index (χ3v) is 4.11. The molecule has 0 heterocycles. The molecule has 1 N–H and O–H groups in total. The standard InChI is InChI=1S/C19H25NO3/c1-13(2)15-9-11-17(12-10-15)20-18(21)14(3)23-19(22)16-7-5-4-6-8-16/h4-5,9-14,16H,6-8H2,1-3H3,(H,20,21)/t14-,16-/m0/s1. The van der Waals surface area contributed by atoms with E-state index in [1.165, 1.54) is 5.56 Å². The van der Waals surface area contributed by atoms with Gasteiger partial charge in [-0.05, 0) is 49.8 Å². The number of hydrogen-bond donors (Lipinski definition) is 1. The highest BCUT2D eigenvalue weighted by molar-refractivity contribution is 5.95. The quantitative estimate of drug-likeness (QED) is 0.659. The average molecular weight is 315 g/mol. The number of anilines is 1. The molecular weight excluding hydrogens is 290 g/mol. The molecule has 0 saturated heterocycles. The summed E-state index contributed by atoms with van der Waals surface area (Å²) < 4.78 is 5.30. The van der Waals surface area contributed by atoms with Crippen LogP contribution in [0.15, 0.2) is 36.4 Å². The summed E-state index contributed by atoms with van der Waals surface area (Å²) in [7, 11) is 0. The van der Waals surface area contributed by atoms with E-state index in [-0.39, 0.29) is 17.8 Å². The van der Waals surface area contributed by atoms with E-state index in [4.69, 9.17) is 4.74 Å². The van der Waals surface area contributed by atoms with Gasteiger partial charge in [0.2, 0.25) is 0 Å². The van der Waals surface area contributed by atoms with Gasteiger partial charge in [-0.2, -0.15) is 0 Å². The van der Waals surface area contributed by atoms with Gasteiger partial charge in [-0.15, -0.1) is 0 Å². The van der Waals surface area contributed by atoms with Crippen LogP contribution in [0.3, 0.4) is 0 Å². The number of nitrogens with one attached hydrogen (secondary N) is 1. The van der Waals surface area contributed by atoms with Crippen molar-refractivity contribution in [2.45, 2.75) is 52.1 Å². The molecule has 0 fully saturated rings. The molecule has 0 radical (unpaired) electrons. The maximum Gasteiger partial charge on any atom is 0.310 e. The van der Waals surface area contributed by atoms with Crippen molar-refractivity contribution in [3.63, 3.8) is 0 Å². The summed E-state index contributed by atoms with van der Waals surface area (Å²) in [6.07, 6.45) is 5.65. The largest absolute Gasteiger partial charge is 0.452 e. The Hall–Kier alpha value is -2.10. The predicted octanol–water partition coefficient (Wildman–Crippen LogP) is 4.04. The van der Waals surface area contributed by atoms with Gasteiger partial charge in [-0.3, -0.25) is 9.59 Å². The van der Waals surface area contributed by atoms with Gasteiger partial charge in [0.1, 0.15) is 0 Å². The lowest BCUT2D eigenvalue weighted by Gasteiger charge is -2.19. The summed E-state index contributed by atoms with van der Waals surface area (Å²) in [5, 5.41) is 2.79. The van der Waals surface area contributed by atoms with Gasteiger partial charge in [-0.25, -0.2) is 0 Å². The normalized spacial score (nSPS) is 18.5. The first-order chi connectivity index (χ1) is 11.0. The fraction of sp³-hybridized carbons (Fsp3) is 0.474. The molecule has 1 aliphatic rings. The van der Waals surface area contributed by atoms with Crippen molar-refractivity contribution in [1.82, 2.24) is 0 Å². The van der Waals surface area contributed by atoms with Crippen molar-refractivity contribution < 1.29 is 14.3 Å². The van der Waals surface area contributed by atoms with Crippen LogP contribution in [0.4, 0.5) is 5.69 Å². The molecule has 0 spiro atoms. The maximum atomic E-state index is 12.1. The van der Waals surface area contributed by atoms with Crippen molar-refractivity contribution in [1.29, 1.82) is 0 Å². The van der Waals surface area contributed by atoms with Crippen LogP contribution in [0.1, 0.15) is 51.5 Å². The molecule has 0 unspecified atom stereocenters. The first kappa shape index (κ1) is 17.3. The number of allylic oxidation sites excluding steroid dienone is 2. The van der Waals surface area contributed by atoms with Crippen LogP contribution in [-0.4, -0.2) is 18.0 Å². The topological polar surface area (TPSA) is 55.4 Å². The van der Waals surface area contributed by atoms with E-state index in [9.17, 15) is 9.59 Å². The van der Waals surface area contributed by atoms with E-state index in [0.717, 1.165) is 12.8 Å². The fourth-order valence-corrected chi connectivity index (χ4v) is 2.53. The fourth-order valence-electron chi connectivity index (χ4n) is 2.53.